The zero-order valence-electron chi connectivity index (χ0n) is 14.2. The second-order valence-corrected chi connectivity index (χ2v) is 7.63. The number of nitrogens with one attached hydrogen (secondary N) is 1. The molecule has 1 atom stereocenters. The Kier molecular flexibility index (Phi) is 6.01. The minimum atomic E-state index is -0.299. The summed E-state index contributed by atoms with van der Waals surface area (Å²) in [6, 6.07) is 8.77. The third kappa shape index (κ3) is 4.42. The Morgan fingerprint density at radius 2 is 1.88 bits per heavy atom. The molecule has 0 bridgehead atoms. The largest absolute Gasteiger partial charge is 0.351 e. The number of primary amides is 1. The van der Waals surface area contributed by atoms with Crippen molar-refractivity contribution in [3.05, 3.63) is 34.9 Å². The van der Waals surface area contributed by atoms with Crippen LogP contribution in [-0.4, -0.2) is 30.1 Å². The van der Waals surface area contributed by atoms with Gasteiger partial charge in [-0.25, -0.2) is 4.79 Å². The molecule has 2 fully saturated rings. The topological polar surface area (TPSA) is 58.4 Å². The molecule has 3 rings (SSSR count). The van der Waals surface area contributed by atoms with E-state index in [1.165, 1.54) is 37.7 Å². The number of urea groups is 1. The molecule has 0 aromatic heterocycles. The number of halogens is 1. The van der Waals surface area contributed by atoms with Gasteiger partial charge < -0.3 is 16.0 Å². The van der Waals surface area contributed by atoms with Crippen LogP contribution in [0.4, 0.5) is 4.79 Å². The van der Waals surface area contributed by atoms with Crippen LogP contribution >= 0.6 is 11.6 Å². The zero-order valence-corrected chi connectivity index (χ0v) is 15.0. The summed E-state index contributed by atoms with van der Waals surface area (Å²) in [4.78, 5) is 13.0. The molecule has 132 valence electrons. The van der Waals surface area contributed by atoms with Gasteiger partial charge in [-0.05, 0) is 49.3 Å². The quantitative estimate of drug-likeness (QED) is 0.859. The van der Waals surface area contributed by atoms with E-state index < -0.39 is 0 Å². The number of nitrogens with two attached hydrogens (primary N) is 1. The Hall–Kier alpha value is -1.26. The van der Waals surface area contributed by atoms with Crippen molar-refractivity contribution in [2.75, 3.05) is 13.1 Å². The van der Waals surface area contributed by atoms with Crippen molar-refractivity contribution in [2.24, 2.45) is 11.7 Å². The molecule has 1 aliphatic carbocycles. The number of rotatable bonds is 4. The van der Waals surface area contributed by atoms with E-state index in [1.807, 2.05) is 12.1 Å². The van der Waals surface area contributed by atoms with Crippen molar-refractivity contribution in [2.45, 2.75) is 57.0 Å². The van der Waals surface area contributed by atoms with Gasteiger partial charge in [0.05, 0.1) is 0 Å². The first-order valence-electron chi connectivity index (χ1n) is 9.19. The molecule has 1 saturated heterocycles. The average Bonchev–Trinajstić information content (AvgIpc) is 2.61. The first-order chi connectivity index (χ1) is 11.6. The number of nitrogens with zero attached hydrogens (tertiary/aromatic N) is 1. The van der Waals surface area contributed by atoms with E-state index >= 15 is 0 Å². The van der Waals surface area contributed by atoms with Crippen molar-refractivity contribution < 1.29 is 4.79 Å². The van der Waals surface area contributed by atoms with Crippen LogP contribution in [0.5, 0.6) is 0 Å². The van der Waals surface area contributed by atoms with Crippen LogP contribution in [0.25, 0.3) is 0 Å². The molecule has 1 aromatic carbocycles. The summed E-state index contributed by atoms with van der Waals surface area (Å²) in [5.74, 6) is 0.673. The third-order valence-electron chi connectivity index (χ3n) is 5.55. The fourth-order valence-corrected chi connectivity index (χ4v) is 4.39. The normalized spacial score (nSPS) is 21.6. The summed E-state index contributed by atoms with van der Waals surface area (Å²) >= 11 is 6.24. The number of hydrogen-bond donors (Lipinski definition) is 2. The van der Waals surface area contributed by atoms with Crippen LogP contribution in [0.15, 0.2) is 24.3 Å². The second-order valence-electron chi connectivity index (χ2n) is 7.20. The highest BCUT2D eigenvalue weighted by atomic mass is 35.5. The lowest BCUT2D eigenvalue weighted by Gasteiger charge is -2.38. The number of hydrogen-bond acceptors (Lipinski definition) is 2. The number of carbonyl (C=O) groups excluding carboxylic acids is 1. The Labute approximate surface area is 149 Å². The molecule has 1 saturated carbocycles. The summed E-state index contributed by atoms with van der Waals surface area (Å²) in [7, 11) is 0. The molecule has 3 N–H and O–H groups in total. The summed E-state index contributed by atoms with van der Waals surface area (Å²) in [6.07, 6.45) is 8.50. The van der Waals surface area contributed by atoms with Crippen molar-refractivity contribution in [3.63, 3.8) is 0 Å². The number of likely N-dealkylation sites (tertiary alicyclic amines) is 1. The van der Waals surface area contributed by atoms with Crippen molar-refractivity contribution in [1.29, 1.82) is 0 Å². The molecule has 0 spiro atoms. The van der Waals surface area contributed by atoms with Crippen LogP contribution in [0.3, 0.4) is 0 Å². The Bertz CT molecular complexity index is 551. The van der Waals surface area contributed by atoms with E-state index in [1.54, 1.807) is 4.90 Å². The number of benzene rings is 1. The first kappa shape index (κ1) is 17.6. The maximum atomic E-state index is 11.3. The number of piperidine rings is 1. The molecular formula is C19H28ClN3O. The molecule has 1 aromatic rings. The third-order valence-corrected chi connectivity index (χ3v) is 5.79. The van der Waals surface area contributed by atoms with Gasteiger partial charge in [0, 0.05) is 30.2 Å². The molecule has 2 aliphatic rings. The minimum absolute atomic E-state index is 0.299. The monoisotopic (exact) mass is 349 g/mol. The van der Waals surface area contributed by atoms with E-state index in [4.69, 9.17) is 17.3 Å². The van der Waals surface area contributed by atoms with Crippen LogP contribution in [0.1, 0.15) is 56.6 Å². The van der Waals surface area contributed by atoms with Crippen molar-refractivity contribution in [1.82, 2.24) is 10.2 Å². The number of carbonyl (C=O) groups is 1. The minimum Gasteiger partial charge on any atom is -0.351 e. The lowest BCUT2D eigenvalue weighted by atomic mass is 9.80. The van der Waals surface area contributed by atoms with Crippen LogP contribution in [-0.2, 0) is 0 Å². The smallest absolute Gasteiger partial charge is 0.314 e. The maximum Gasteiger partial charge on any atom is 0.314 e. The van der Waals surface area contributed by atoms with Crippen molar-refractivity contribution in [3.8, 4) is 0 Å². The van der Waals surface area contributed by atoms with Gasteiger partial charge in [0.25, 0.3) is 0 Å². The highest BCUT2D eigenvalue weighted by molar-refractivity contribution is 6.30. The Balaban J connectivity index is 1.69. The second kappa shape index (κ2) is 8.21. The molecule has 5 heteroatoms. The summed E-state index contributed by atoms with van der Waals surface area (Å²) in [5.41, 5.74) is 6.69. The van der Waals surface area contributed by atoms with Gasteiger partial charge in [-0.2, -0.15) is 0 Å². The molecule has 2 amide bonds. The molecule has 24 heavy (non-hydrogen) atoms. The average molecular weight is 350 g/mol. The summed E-state index contributed by atoms with van der Waals surface area (Å²) in [5, 5.41) is 4.70. The molecule has 4 nitrogen and oxygen atoms in total. The fourth-order valence-electron chi connectivity index (χ4n) is 4.19. The standard InChI is InChI=1S/C19H28ClN3O/c20-16-8-4-7-15(13-16)18(14-5-2-1-3-6-14)22-17-9-11-23(12-10-17)19(21)24/h4,7-8,13-14,17-18,22H,1-3,5-6,9-12H2,(H2,21,24). The van der Waals surface area contributed by atoms with Crippen LogP contribution < -0.4 is 11.1 Å². The Morgan fingerprint density at radius 3 is 2.50 bits per heavy atom. The van der Waals surface area contributed by atoms with Gasteiger partial charge in [0.1, 0.15) is 0 Å². The number of amides is 2. The predicted octanol–water partition coefficient (Wildman–Crippen LogP) is 4.09. The lowest BCUT2D eigenvalue weighted by molar-refractivity contribution is 0.172. The van der Waals surface area contributed by atoms with Gasteiger partial charge in [0.15, 0.2) is 0 Å². The maximum absolute atomic E-state index is 11.3. The van der Waals surface area contributed by atoms with E-state index in [-0.39, 0.29) is 6.03 Å². The van der Waals surface area contributed by atoms with E-state index in [0.717, 1.165) is 31.0 Å². The SMILES string of the molecule is NC(=O)N1CCC(NC(c2cccc(Cl)c2)C2CCCCC2)CC1. The fraction of sp³-hybridized carbons (Fsp3) is 0.632. The summed E-state index contributed by atoms with van der Waals surface area (Å²) in [6.45, 7) is 1.50. The van der Waals surface area contributed by atoms with Crippen LogP contribution in [0.2, 0.25) is 5.02 Å². The zero-order chi connectivity index (χ0) is 16.9. The molecule has 1 unspecified atom stereocenters. The molecule has 1 heterocycles. The van der Waals surface area contributed by atoms with Gasteiger partial charge >= 0.3 is 6.03 Å². The molecule has 1 aliphatic heterocycles. The van der Waals surface area contributed by atoms with Gasteiger partial charge in [0.2, 0.25) is 0 Å². The van der Waals surface area contributed by atoms with Crippen LogP contribution in [0, 0.1) is 5.92 Å². The summed E-state index contributed by atoms with van der Waals surface area (Å²) < 4.78 is 0. The predicted molar refractivity (Wildman–Crippen MR) is 98.1 cm³/mol. The van der Waals surface area contributed by atoms with Gasteiger partial charge in [-0.15, -0.1) is 0 Å². The first-order valence-corrected chi connectivity index (χ1v) is 9.57. The van der Waals surface area contributed by atoms with Crippen molar-refractivity contribution >= 4 is 17.6 Å². The van der Waals surface area contributed by atoms with Gasteiger partial charge in [-0.1, -0.05) is 43.0 Å². The Morgan fingerprint density at radius 1 is 1.17 bits per heavy atom. The van der Waals surface area contributed by atoms with E-state index in [2.05, 4.69) is 17.4 Å². The molecular weight excluding hydrogens is 322 g/mol. The lowest BCUT2D eigenvalue weighted by Crippen LogP contribution is -2.48. The highest BCUT2D eigenvalue weighted by Crippen LogP contribution is 2.36. The van der Waals surface area contributed by atoms with E-state index in [0.29, 0.717) is 18.0 Å². The molecule has 0 radical (unpaired) electrons. The highest BCUT2D eigenvalue weighted by Gasteiger charge is 2.29. The van der Waals surface area contributed by atoms with E-state index in [9.17, 15) is 4.79 Å². The van der Waals surface area contributed by atoms with Gasteiger partial charge in [-0.3, -0.25) is 0 Å².